The third kappa shape index (κ3) is 3.40. The average Bonchev–Trinajstić information content (AvgIpc) is 2.04. The van der Waals surface area contributed by atoms with Crippen LogP contribution in [-0.2, 0) is 0 Å². The number of nitrogens with zero attached hydrogens (tertiary/aromatic N) is 2. The molecule has 3 nitrogen and oxygen atoms in total. The topological polar surface area (TPSA) is 37.8 Å². The molecule has 0 aromatic carbocycles. The standard InChI is InChI=1S/C10H17N3/c1-4-5-8(2)12-10-6-7-11-9(3)13-10/h6-8H,4-5H2,1-3H3,(H,11,12,13). The lowest BCUT2D eigenvalue weighted by Gasteiger charge is -2.12. The van der Waals surface area contributed by atoms with Crippen molar-refractivity contribution in [3.05, 3.63) is 18.1 Å². The molecule has 0 saturated heterocycles. The van der Waals surface area contributed by atoms with Crippen LogP contribution in [0.5, 0.6) is 0 Å². The van der Waals surface area contributed by atoms with Gasteiger partial charge in [-0.25, -0.2) is 9.97 Å². The van der Waals surface area contributed by atoms with Crippen molar-refractivity contribution in [1.82, 2.24) is 9.97 Å². The number of aryl methyl sites for hydroxylation is 1. The number of rotatable bonds is 4. The first-order valence-corrected chi connectivity index (χ1v) is 4.78. The molecule has 0 bridgehead atoms. The number of aromatic nitrogens is 2. The van der Waals surface area contributed by atoms with Crippen LogP contribution in [0, 0.1) is 6.92 Å². The minimum Gasteiger partial charge on any atom is -0.368 e. The predicted molar refractivity (Wildman–Crippen MR) is 54.8 cm³/mol. The molecule has 3 heteroatoms. The van der Waals surface area contributed by atoms with Gasteiger partial charge in [-0.15, -0.1) is 0 Å². The molecule has 1 aromatic heterocycles. The van der Waals surface area contributed by atoms with E-state index in [-0.39, 0.29) is 0 Å². The summed E-state index contributed by atoms with van der Waals surface area (Å²) in [5.41, 5.74) is 0. The molecule has 0 aliphatic rings. The summed E-state index contributed by atoms with van der Waals surface area (Å²) in [6, 6.07) is 2.39. The van der Waals surface area contributed by atoms with Crippen LogP contribution < -0.4 is 5.32 Å². The molecule has 0 saturated carbocycles. The zero-order valence-electron chi connectivity index (χ0n) is 8.54. The summed E-state index contributed by atoms with van der Waals surface area (Å²) in [5.74, 6) is 1.74. The molecule has 1 aromatic rings. The van der Waals surface area contributed by atoms with Crippen molar-refractivity contribution in [2.45, 2.75) is 39.7 Å². The Morgan fingerprint density at radius 2 is 2.31 bits per heavy atom. The van der Waals surface area contributed by atoms with Crippen molar-refractivity contribution in [2.75, 3.05) is 5.32 Å². The highest BCUT2D eigenvalue weighted by atomic mass is 15.0. The maximum atomic E-state index is 4.27. The van der Waals surface area contributed by atoms with Gasteiger partial charge < -0.3 is 5.32 Å². The third-order valence-corrected chi connectivity index (χ3v) is 1.89. The molecule has 0 aliphatic carbocycles. The Hall–Kier alpha value is -1.12. The summed E-state index contributed by atoms with van der Waals surface area (Å²) in [6.45, 7) is 6.25. The fourth-order valence-electron chi connectivity index (χ4n) is 1.29. The smallest absolute Gasteiger partial charge is 0.129 e. The Kier molecular flexibility index (Phi) is 3.68. The number of hydrogen-bond donors (Lipinski definition) is 1. The molecule has 0 aliphatic heterocycles. The highest BCUT2D eigenvalue weighted by molar-refractivity contribution is 5.33. The van der Waals surface area contributed by atoms with E-state index >= 15 is 0 Å². The van der Waals surface area contributed by atoms with Crippen molar-refractivity contribution in [1.29, 1.82) is 0 Å². The minimum absolute atomic E-state index is 0.485. The lowest BCUT2D eigenvalue weighted by molar-refractivity contribution is 0.686. The number of nitrogens with one attached hydrogen (secondary N) is 1. The molecule has 1 heterocycles. The van der Waals surface area contributed by atoms with Crippen LogP contribution in [0.15, 0.2) is 12.3 Å². The molecule has 72 valence electrons. The van der Waals surface area contributed by atoms with Crippen LogP contribution in [-0.4, -0.2) is 16.0 Å². The highest BCUT2D eigenvalue weighted by Crippen LogP contribution is 2.06. The van der Waals surface area contributed by atoms with Crippen LogP contribution >= 0.6 is 0 Å². The third-order valence-electron chi connectivity index (χ3n) is 1.89. The summed E-state index contributed by atoms with van der Waals surface area (Å²) in [4.78, 5) is 8.32. The normalized spacial score (nSPS) is 12.5. The molecule has 1 N–H and O–H groups in total. The van der Waals surface area contributed by atoms with Crippen LogP contribution in [0.25, 0.3) is 0 Å². The summed E-state index contributed by atoms with van der Waals surface area (Å²) >= 11 is 0. The van der Waals surface area contributed by atoms with Crippen LogP contribution in [0.4, 0.5) is 5.82 Å². The van der Waals surface area contributed by atoms with Crippen LogP contribution in [0.1, 0.15) is 32.5 Å². The van der Waals surface area contributed by atoms with Gasteiger partial charge in [-0.05, 0) is 26.3 Å². The number of anilines is 1. The summed E-state index contributed by atoms with van der Waals surface area (Å²) in [5, 5.41) is 3.33. The maximum absolute atomic E-state index is 4.27. The first-order valence-electron chi connectivity index (χ1n) is 4.78. The van der Waals surface area contributed by atoms with Crippen molar-refractivity contribution in [3.8, 4) is 0 Å². The molecule has 1 atom stereocenters. The molecule has 0 radical (unpaired) electrons. The molecule has 0 spiro atoms. The summed E-state index contributed by atoms with van der Waals surface area (Å²) < 4.78 is 0. The molecule has 1 rings (SSSR count). The Bertz CT molecular complexity index is 260. The van der Waals surface area contributed by atoms with Gasteiger partial charge in [-0.3, -0.25) is 0 Å². The zero-order chi connectivity index (χ0) is 9.68. The lowest BCUT2D eigenvalue weighted by atomic mass is 10.2. The highest BCUT2D eigenvalue weighted by Gasteiger charge is 2.00. The van der Waals surface area contributed by atoms with Gasteiger partial charge in [-0.2, -0.15) is 0 Å². The van der Waals surface area contributed by atoms with Gasteiger partial charge in [0.15, 0.2) is 0 Å². The largest absolute Gasteiger partial charge is 0.368 e. The van der Waals surface area contributed by atoms with E-state index in [4.69, 9.17) is 0 Å². The van der Waals surface area contributed by atoms with E-state index in [9.17, 15) is 0 Å². The van der Waals surface area contributed by atoms with Gasteiger partial charge in [0.25, 0.3) is 0 Å². The molecule has 0 amide bonds. The van der Waals surface area contributed by atoms with Crippen LogP contribution in [0.2, 0.25) is 0 Å². The van der Waals surface area contributed by atoms with E-state index < -0.39 is 0 Å². The zero-order valence-corrected chi connectivity index (χ0v) is 8.54. The SMILES string of the molecule is CCCC(C)Nc1ccnc(C)n1. The van der Waals surface area contributed by atoms with Crippen molar-refractivity contribution < 1.29 is 0 Å². The molecule has 1 unspecified atom stereocenters. The van der Waals surface area contributed by atoms with Gasteiger partial charge in [0.1, 0.15) is 11.6 Å². The minimum atomic E-state index is 0.485. The monoisotopic (exact) mass is 179 g/mol. The first kappa shape index (κ1) is 9.96. The van der Waals surface area contributed by atoms with E-state index in [2.05, 4.69) is 29.1 Å². The summed E-state index contributed by atoms with van der Waals surface area (Å²) in [6.07, 6.45) is 4.14. The van der Waals surface area contributed by atoms with E-state index in [0.717, 1.165) is 11.6 Å². The van der Waals surface area contributed by atoms with Crippen molar-refractivity contribution >= 4 is 5.82 Å². The lowest BCUT2D eigenvalue weighted by Crippen LogP contribution is -2.15. The van der Waals surface area contributed by atoms with E-state index in [1.807, 2.05) is 13.0 Å². The van der Waals surface area contributed by atoms with E-state index in [0.29, 0.717) is 6.04 Å². The van der Waals surface area contributed by atoms with Crippen LogP contribution in [0.3, 0.4) is 0 Å². The second-order valence-corrected chi connectivity index (χ2v) is 3.32. The van der Waals surface area contributed by atoms with E-state index in [1.54, 1.807) is 6.20 Å². The Labute approximate surface area is 79.6 Å². The Morgan fingerprint density at radius 1 is 1.54 bits per heavy atom. The molecule has 0 fully saturated rings. The second-order valence-electron chi connectivity index (χ2n) is 3.32. The quantitative estimate of drug-likeness (QED) is 0.771. The second kappa shape index (κ2) is 4.80. The van der Waals surface area contributed by atoms with Gasteiger partial charge in [0.2, 0.25) is 0 Å². The van der Waals surface area contributed by atoms with Gasteiger partial charge >= 0.3 is 0 Å². The van der Waals surface area contributed by atoms with Gasteiger partial charge in [-0.1, -0.05) is 13.3 Å². The Balaban J connectivity index is 2.53. The van der Waals surface area contributed by atoms with Crippen molar-refractivity contribution in [3.63, 3.8) is 0 Å². The fraction of sp³-hybridized carbons (Fsp3) is 0.600. The predicted octanol–water partition coefficient (Wildman–Crippen LogP) is 2.39. The summed E-state index contributed by atoms with van der Waals surface area (Å²) in [7, 11) is 0. The molecular formula is C10H17N3. The van der Waals surface area contributed by atoms with Crippen molar-refractivity contribution in [2.24, 2.45) is 0 Å². The fourth-order valence-corrected chi connectivity index (χ4v) is 1.29. The first-order chi connectivity index (χ1) is 6.22. The van der Waals surface area contributed by atoms with Gasteiger partial charge in [0.05, 0.1) is 0 Å². The number of hydrogen-bond acceptors (Lipinski definition) is 3. The molecule has 13 heavy (non-hydrogen) atoms. The van der Waals surface area contributed by atoms with E-state index in [1.165, 1.54) is 12.8 Å². The maximum Gasteiger partial charge on any atom is 0.129 e. The Morgan fingerprint density at radius 3 is 2.92 bits per heavy atom. The average molecular weight is 179 g/mol. The molecular weight excluding hydrogens is 162 g/mol. The van der Waals surface area contributed by atoms with Gasteiger partial charge in [0, 0.05) is 12.2 Å².